The van der Waals surface area contributed by atoms with Crippen molar-refractivity contribution < 1.29 is 17.9 Å². The van der Waals surface area contributed by atoms with Gasteiger partial charge in [0.2, 0.25) is 5.91 Å². The molecule has 2 aliphatic heterocycles. The lowest BCUT2D eigenvalue weighted by Crippen LogP contribution is -2.57. The lowest BCUT2D eigenvalue weighted by atomic mass is 9.77. The molecule has 1 saturated heterocycles. The van der Waals surface area contributed by atoms with Crippen molar-refractivity contribution in [3.8, 4) is 0 Å². The van der Waals surface area contributed by atoms with Gasteiger partial charge in [-0.05, 0) is 23.8 Å². The fourth-order valence-corrected chi connectivity index (χ4v) is 6.26. The van der Waals surface area contributed by atoms with Crippen molar-refractivity contribution in [2.75, 3.05) is 13.2 Å². The van der Waals surface area contributed by atoms with E-state index in [2.05, 4.69) is 10.1 Å². The van der Waals surface area contributed by atoms with Crippen LogP contribution in [0.2, 0.25) is 0 Å². The lowest BCUT2D eigenvalue weighted by molar-refractivity contribution is -0.157. The van der Waals surface area contributed by atoms with E-state index in [1.807, 2.05) is 30.3 Å². The molecule has 8 nitrogen and oxygen atoms in total. The molecule has 0 saturated carbocycles. The lowest BCUT2D eigenvalue weighted by Gasteiger charge is -2.42. The number of aromatic nitrogens is 3. The minimum atomic E-state index is -3.83. The Kier molecular flexibility index (Phi) is 4.26. The van der Waals surface area contributed by atoms with Gasteiger partial charge in [0.05, 0.1) is 46.1 Å². The predicted octanol–water partition coefficient (Wildman–Crippen LogP) is 2.54. The monoisotopic (exact) mass is 466 g/mol. The molecule has 0 atom stereocenters. The first-order valence-corrected chi connectivity index (χ1v) is 12.4. The Labute approximate surface area is 188 Å². The van der Waals surface area contributed by atoms with E-state index in [0.29, 0.717) is 25.5 Å². The Hall–Kier alpha value is -3.08. The SMILES string of the molecule is O=C(N1Cc2cn(S(=O)(=O)c3ccc4ncsc4c3)nc2C1)C1(c2ccccc2)COC1. The van der Waals surface area contributed by atoms with Gasteiger partial charge in [0.1, 0.15) is 5.41 Å². The number of fused-ring (bicyclic) bond motifs is 2. The van der Waals surface area contributed by atoms with Gasteiger partial charge in [-0.25, -0.2) is 4.98 Å². The van der Waals surface area contributed by atoms with Crippen LogP contribution < -0.4 is 0 Å². The van der Waals surface area contributed by atoms with Crippen molar-refractivity contribution in [3.63, 3.8) is 0 Å². The fraction of sp³-hybridized carbons (Fsp3) is 0.227. The summed E-state index contributed by atoms with van der Waals surface area (Å²) in [7, 11) is -3.83. The van der Waals surface area contributed by atoms with Crippen LogP contribution in [0.1, 0.15) is 16.8 Å². The molecule has 32 heavy (non-hydrogen) atoms. The van der Waals surface area contributed by atoms with E-state index in [1.165, 1.54) is 17.5 Å². The molecule has 1 fully saturated rings. The molecule has 2 aliphatic rings. The molecule has 10 heteroatoms. The smallest absolute Gasteiger partial charge is 0.283 e. The van der Waals surface area contributed by atoms with Gasteiger partial charge in [-0.3, -0.25) is 4.79 Å². The molecule has 2 aromatic carbocycles. The molecule has 0 N–H and O–H groups in total. The van der Waals surface area contributed by atoms with E-state index in [1.54, 1.807) is 28.6 Å². The van der Waals surface area contributed by atoms with Crippen molar-refractivity contribution in [2.45, 2.75) is 23.4 Å². The fourth-order valence-electron chi connectivity index (χ4n) is 4.28. The van der Waals surface area contributed by atoms with Gasteiger partial charge < -0.3 is 9.64 Å². The molecule has 0 unspecified atom stereocenters. The summed E-state index contributed by atoms with van der Waals surface area (Å²) >= 11 is 1.39. The number of thiazole rings is 1. The Morgan fingerprint density at radius 1 is 1.09 bits per heavy atom. The maximum absolute atomic E-state index is 13.4. The zero-order chi connectivity index (χ0) is 21.9. The molecule has 162 valence electrons. The van der Waals surface area contributed by atoms with Gasteiger partial charge in [0, 0.05) is 18.3 Å². The second kappa shape index (κ2) is 6.96. The van der Waals surface area contributed by atoms with Crippen molar-refractivity contribution >= 4 is 37.5 Å². The van der Waals surface area contributed by atoms with Gasteiger partial charge in [-0.15, -0.1) is 11.3 Å². The summed E-state index contributed by atoms with van der Waals surface area (Å²) in [6.07, 6.45) is 1.52. The average molecular weight is 467 g/mol. The number of rotatable bonds is 4. The topological polar surface area (TPSA) is 94.4 Å². The molecule has 4 aromatic rings. The van der Waals surface area contributed by atoms with Crippen LogP contribution in [0.15, 0.2) is 65.1 Å². The van der Waals surface area contributed by atoms with Gasteiger partial charge in [-0.1, -0.05) is 30.3 Å². The van der Waals surface area contributed by atoms with Crippen LogP contribution in [-0.4, -0.2) is 46.6 Å². The standard InChI is InChI=1S/C22H18N4O4S2/c27-21(22(12-30-13-22)16-4-2-1-3-5-16)25-9-15-10-26(24-19(15)11-25)32(28,29)17-6-7-18-20(8-17)31-14-23-18/h1-8,10,14H,9,11-13H2. The van der Waals surface area contributed by atoms with Gasteiger partial charge in [0.15, 0.2) is 0 Å². The summed E-state index contributed by atoms with van der Waals surface area (Å²) in [5.41, 5.74) is 4.04. The van der Waals surface area contributed by atoms with Crippen LogP contribution in [0.4, 0.5) is 0 Å². The van der Waals surface area contributed by atoms with Crippen LogP contribution in [-0.2, 0) is 38.1 Å². The minimum absolute atomic E-state index is 0.0157. The van der Waals surface area contributed by atoms with Crippen LogP contribution in [0.25, 0.3) is 10.2 Å². The number of amides is 1. The number of benzene rings is 2. The van der Waals surface area contributed by atoms with Gasteiger partial charge in [-0.2, -0.15) is 17.6 Å². The quantitative estimate of drug-likeness (QED) is 0.459. The first kappa shape index (κ1) is 19.6. The second-order valence-corrected chi connectivity index (χ2v) is 10.7. The normalized spacial score (nSPS) is 17.3. The summed E-state index contributed by atoms with van der Waals surface area (Å²) in [6.45, 7) is 1.29. The molecule has 1 amide bonds. The molecular weight excluding hydrogens is 448 g/mol. The summed E-state index contributed by atoms with van der Waals surface area (Å²) in [5, 5.41) is 4.33. The number of nitrogens with zero attached hydrogens (tertiary/aromatic N) is 4. The molecule has 0 spiro atoms. The highest BCUT2D eigenvalue weighted by Gasteiger charge is 2.50. The van der Waals surface area contributed by atoms with E-state index in [0.717, 1.165) is 25.4 Å². The van der Waals surface area contributed by atoms with Crippen molar-refractivity contribution in [1.82, 2.24) is 19.1 Å². The highest BCUT2D eigenvalue weighted by Crippen LogP contribution is 2.37. The number of carbonyl (C=O) groups excluding carboxylic acids is 1. The summed E-state index contributed by atoms with van der Waals surface area (Å²) in [4.78, 5) is 19.5. The van der Waals surface area contributed by atoms with Gasteiger partial charge in [0.25, 0.3) is 10.0 Å². The maximum Gasteiger partial charge on any atom is 0.283 e. The van der Waals surface area contributed by atoms with Crippen molar-refractivity contribution in [3.05, 3.63) is 77.1 Å². The van der Waals surface area contributed by atoms with E-state index >= 15 is 0 Å². The first-order valence-electron chi connectivity index (χ1n) is 10.1. The number of ether oxygens (including phenoxy) is 1. The van der Waals surface area contributed by atoms with Crippen molar-refractivity contribution in [2.24, 2.45) is 0 Å². The van der Waals surface area contributed by atoms with Crippen molar-refractivity contribution in [1.29, 1.82) is 0 Å². The molecule has 0 aliphatic carbocycles. The Bertz CT molecular complexity index is 1430. The number of hydrogen-bond acceptors (Lipinski definition) is 7. The van der Waals surface area contributed by atoms with Crippen LogP contribution in [0.3, 0.4) is 0 Å². The molecule has 0 bridgehead atoms. The predicted molar refractivity (Wildman–Crippen MR) is 118 cm³/mol. The van der Waals surface area contributed by atoms with E-state index in [4.69, 9.17) is 4.74 Å². The Balaban J connectivity index is 1.26. The minimum Gasteiger partial charge on any atom is -0.378 e. The van der Waals surface area contributed by atoms with E-state index in [-0.39, 0.29) is 17.3 Å². The zero-order valence-electron chi connectivity index (χ0n) is 16.8. The van der Waals surface area contributed by atoms with Crippen LogP contribution in [0.5, 0.6) is 0 Å². The third-order valence-corrected chi connectivity index (χ3v) is 8.45. The summed E-state index contributed by atoms with van der Waals surface area (Å²) < 4.78 is 33.5. The molecule has 0 radical (unpaired) electrons. The molecule has 2 aromatic heterocycles. The van der Waals surface area contributed by atoms with Gasteiger partial charge >= 0.3 is 0 Å². The van der Waals surface area contributed by atoms with E-state index in [9.17, 15) is 13.2 Å². The molecular formula is C22H18N4O4S2. The maximum atomic E-state index is 13.4. The summed E-state index contributed by atoms with van der Waals surface area (Å²) in [5.74, 6) is -0.0157. The second-order valence-electron chi connectivity index (χ2n) is 8.06. The highest BCUT2D eigenvalue weighted by atomic mass is 32.2. The number of hydrogen-bond donors (Lipinski definition) is 0. The van der Waals surface area contributed by atoms with Crippen LogP contribution >= 0.6 is 11.3 Å². The van der Waals surface area contributed by atoms with E-state index < -0.39 is 15.4 Å². The Morgan fingerprint density at radius 2 is 1.91 bits per heavy atom. The molecule has 6 rings (SSSR count). The zero-order valence-corrected chi connectivity index (χ0v) is 18.5. The van der Waals surface area contributed by atoms with Crippen LogP contribution in [0, 0.1) is 0 Å². The highest BCUT2D eigenvalue weighted by molar-refractivity contribution is 7.89. The molecule has 4 heterocycles. The first-order chi connectivity index (χ1) is 15.5. The number of carbonyl (C=O) groups is 1. The largest absolute Gasteiger partial charge is 0.378 e. The average Bonchev–Trinajstić information content (AvgIpc) is 3.48. The summed E-state index contributed by atoms with van der Waals surface area (Å²) in [6, 6.07) is 14.5. The third kappa shape index (κ3) is 2.83. The third-order valence-electron chi connectivity index (χ3n) is 6.12. The Morgan fingerprint density at radius 3 is 2.62 bits per heavy atom.